The van der Waals surface area contributed by atoms with Crippen molar-refractivity contribution in [3.8, 4) is 0 Å². The maximum atomic E-state index is 12.5. The maximum absolute atomic E-state index is 12.5. The van der Waals surface area contributed by atoms with Crippen molar-refractivity contribution in [3.05, 3.63) is 41.0 Å². The first-order valence-corrected chi connectivity index (χ1v) is 6.84. The van der Waals surface area contributed by atoms with Gasteiger partial charge in [0.15, 0.2) is 5.69 Å². The average Bonchev–Trinajstić information content (AvgIpc) is 2.87. The lowest BCUT2D eigenvalue weighted by atomic mass is 10.2. The molecule has 0 bridgehead atoms. The minimum absolute atomic E-state index is 0.113. The molecule has 2 rings (SSSR count). The van der Waals surface area contributed by atoms with Gasteiger partial charge in [-0.15, -0.1) is 11.3 Å². The Labute approximate surface area is 122 Å². The molecule has 4 nitrogen and oxygen atoms in total. The summed E-state index contributed by atoms with van der Waals surface area (Å²) in [7, 11) is 0. The fraction of sp³-hybridized carbons (Fsp3) is 0.231. The topological polar surface area (TPSA) is 51.2 Å². The molecule has 8 heteroatoms. The van der Waals surface area contributed by atoms with Crippen LogP contribution in [0.3, 0.4) is 0 Å². The number of nitrogens with zero attached hydrogens (tertiary/aromatic N) is 1. The number of rotatable bonds is 4. The maximum Gasteiger partial charge on any atom is 0.416 e. The summed E-state index contributed by atoms with van der Waals surface area (Å²) in [5.74, 6) is -0.576. The van der Waals surface area contributed by atoms with Crippen LogP contribution in [0.5, 0.6) is 0 Å². The molecule has 1 N–H and O–H groups in total. The number of carbonyl (C=O) groups is 1. The van der Waals surface area contributed by atoms with Crippen molar-refractivity contribution in [1.29, 1.82) is 0 Å². The van der Waals surface area contributed by atoms with Crippen molar-refractivity contribution in [2.75, 3.05) is 11.9 Å². The van der Waals surface area contributed by atoms with Gasteiger partial charge in [0.05, 0.1) is 17.7 Å². The van der Waals surface area contributed by atoms with Crippen LogP contribution in [0, 0.1) is 0 Å². The molecule has 0 amide bonds. The zero-order valence-electron chi connectivity index (χ0n) is 10.9. The minimum atomic E-state index is -4.38. The number of hydrogen-bond acceptors (Lipinski definition) is 5. The van der Waals surface area contributed by atoms with E-state index in [1.54, 1.807) is 6.92 Å². The second kappa shape index (κ2) is 6.13. The number of aromatic nitrogens is 1. The highest BCUT2D eigenvalue weighted by molar-refractivity contribution is 7.14. The SMILES string of the molecule is CCOC(=O)c1ncsc1Nc1ccc(C(F)(F)F)cc1. The van der Waals surface area contributed by atoms with Crippen LogP contribution in [-0.4, -0.2) is 17.6 Å². The number of anilines is 2. The third-order valence-electron chi connectivity index (χ3n) is 2.51. The van der Waals surface area contributed by atoms with Gasteiger partial charge in [-0.1, -0.05) is 0 Å². The summed E-state index contributed by atoms with van der Waals surface area (Å²) >= 11 is 1.16. The number of halogens is 3. The molecule has 21 heavy (non-hydrogen) atoms. The molecule has 0 saturated heterocycles. The van der Waals surface area contributed by atoms with Crippen molar-refractivity contribution in [2.24, 2.45) is 0 Å². The number of thiazole rings is 1. The highest BCUT2D eigenvalue weighted by atomic mass is 32.1. The van der Waals surface area contributed by atoms with Gasteiger partial charge in [0.1, 0.15) is 5.00 Å². The van der Waals surface area contributed by atoms with Crippen molar-refractivity contribution in [3.63, 3.8) is 0 Å². The molecule has 0 fully saturated rings. The summed E-state index contributed by atoms with van der Waals surface area (Å²) in [6.07, 6.45) is -4.38. The quantitative estimate of drug-likeness (QED) is 0.864. The molecular weight excluding hydrogens is 305 g/mol. The second-order valence-corrected chi connectivity index (χ2v) is 4.81. The van der Waals surface area contributed by atoms with E-state index in [-0.39, 0.29) is 12.3 Å². The van der Waals surface area contributed by atoms with E-state index in [9.17, 15) is 18.0 Å². The van der Waals surface area contributed by atoms with E-state index in [0.717, 1.165) is 23.5 Å². The van der Waals surface area contributed by atoms with E-state index >= 15 is 0 Å². The Morgan fingerprint density at radius 1 is 1.33 bits per heavy atom. The van der Waals surface area contributed by atoms with Crippen LogP contribution in [0.15, 0.2) is 29.8 Å². The Bertz CT molecular complexity index is 623. The van der Waals surface area contributed by atoms with E-state index in [2.05, 4.69) is 10.3 Å². The van der Waals surface area contributed by atoms with Crippen molar-refractivity contribution in [1.82, 2.24) is 4.98 Å². The normalized spacial score (nSPS) is 11.2. The number of nitrogens with one attached hydrogen (secondary N) is 1. The number of alkyl halides is 3. The first-order chi connectivity index (χ1) is 9.91. The summed E-state index contributed by atoms with van der Waals surface area (Å²) in [6.45, 7) is 1.89. The highest BCUT2D eigenvalue weighted by Gasteiger charge is 2.30. The van der Waals surface area contributed by atoms with Crippen molar-refractivity contribution < 1.29 is 22.7 Å². The Morgan fingerprint density at radius 3 is 2.57 bits per heavy atom. The van der Waals surface area contributed by atoms with Crippen molar-refractivity contribution >= 4 is 28.0 Å². The molecule has 2 aromatic rings. The van der Waals surface area contributed by atoms with Crippen LogP contribution in [0.2, 0.25) is 0 Å². The number of hydrogen-bond donors (Lipinski definition) is 1. The van der Waals surface area contributed by atoms with Gasteiger partial charge in [0, 0.05) is 5.69 Å². The Morgan fingerprint density at radius 2 is 2.00 bits per heavy atom. The molecule has 1 aromatic carbocycles. The van der Waals surface area contributed by atoms with Gasteiger partial charge in [0.25, 0.3) is 0 Å². The fourth-order valence-corrected chi connectivity index (χ4v) is 2.24. The van der Waals surface area contributed by atoms with E-state index in [1.165, 1.54) is 17.6 Å². The van der Waals surface area contributed by atoms with Crippen LogP contribution in [-0.2, 0) is 10.9 Å². The summed E-state index contributed by atoms with van der Waals surface area (Å²) in [5, 5.41) is 3.28. The monoisotopic (exact) mass is 316 g/mol. The minimum Gasteiger partial charge on any atom is -0.461 e. The Balaban J connectivity index is 2.16. The fourth-order valence-electron chi connectivity index (χ4n) is 1.55. The zero-order chi connectivity index (χ0) is 15.5. The molecule has 0 aliphatic carbocycles. The molecule has 0 atom stereocenters. The molecule has 1 aromatic heterocycles. The van der Waals surface area contributed by atoms with Crippen LogP contribution in [0.1, 0.15) is 23.0 Å². The lowest BCUT2D eigenvalue weighted by Gasteiger charge is -2.09. The molecule has 0 spiro atoms. The summed E-state index contributed by atoms with van der Waals surface area (Å²) < 4.78 is 42.2. The van der Waals surface area contributed by atoms with Gasteiger partial charge < -0.3 is 10.1 Å². The van der Waals surface area contributed by atoms with Crippen LogP contribution in [0.4, 0.5) is 23.9 Å². The summed E-state index contributed by atoms with van der Waals surface area (Å²) in [4.78, 5) is 15.5. The summed E-state index contributed by atoms with van der Waals surface area (Å²) in [5.41, 5.74) is 1.26. The first-order valence-electron chi connectivity index (χ1n) is 5.96. The van der Waals surface area contributed by atoms with Gasteiger partial charge in [0.2, 0.25) is 0 Å². The Kier molecular flexibility index (Phi) is 4.46. The van der Waals surface area contributed by atoms with E-state index < -0.39 is 17.7 Å². The van der Waals surface area contributed by atoms with Crippen LogP contribution in [0.25, 0.3) is 0 Å². The van der Waals surface area contributed by atoms with E-state index in [0.29, 0.717) is 10.7 Å². The van der Waals surface area contributed by atoms with Gasteiger partial charge in [-0.05, 0) is 31.2 Å². The third-order valence-corrected chi connectivity index (χ3v) is 3.25. The van der Waals surface area contributed by atoms with Gasteiger partial charge >= 0.3 is 12.1 Å². The highest BCUT2D eigenvalue weighted by Crippen LogP contribution is 2.31. The molecule has 0 radical (unpaired) electrons. The predicted molar refractivity (Wildman–Crippen MR) is 72.8 cm³/mol. The van der Waals surface area contributed by atoms with Gasteiger partial charge in [-0.25, -0.2) is 9.78 Å². The molecule has 1 heterocycles. The number of carbonyl (C=O) groups excluding carboxylic acids is 1. The van der Waals surface area contributed by atoms with Crippen LogP contribution >= 0.6 is 11.3 Å². The molecule has 0 aliphatic rings. The lowest BCUT2D eigenvalue weighted by molar-refractivity contribution is -0.137. The lowest BCUT2D eigenvalue weighted by Crippen LogP contribution is -2.07. The second-order valence-electron chi connectivity index (χ2n) is 3.95. The molecule has 0 aliphatic heterocycles. The number of esters is 1. The Hall–Kier alpha value is -2.09. The largest absolute Gasteiger partial charge is 0.461 e. The summed E-state index contributed by atoms with van der Waals surface area (Å²) in [6, 6.07) is 4.51. The van der Waals surface area contributed by atoms with Crippen LogP contribution < -0.4 is 5.32 Å². The number of ether oxygens (including phenoxy) is 1. The van der Waals surface area contributed by atoms with Gasteiger partial charge in [-0.2, -0.15) is 13.2 Å². The standard InChI is InChI=1S/C13H11F3N2O2S/c1-2-20-12(19)10-11(21-7-17-10)18-9-5-3-8(4-6-9)13(14,15)16/h3-7,18H,2H2,1H3. The molecule has 112 valence electrons. The average molecular weight is 316 g/mol. The first kappa shape index (κ1) is 15.3. The number of benzene rings is 1. The third kappa shape index (κ3) is 3.72. The van der Waals surface area contributed by atoms with Gasteiger partial charge in [-0.3, -0.25) is 0 Å². The van der Waals surface area contributed by atoms with E-state index in [1.807, 2.05) is 0 Å². The zero-order valence-corrected chi connectivity index (χ0v) is 11.7. The van der Waals surface area contributed by atoms with Crippen molar-refractivity contribution in [2.45, 2.75) is 13.1 Å². The van der Waals surface area contributed by atoms with E-state index in [4.69, 9.17) is 4.74 Å². The molecular formula is C13H11F3N2O2S. The molecule has 0 unspecified atom stereocenters. The smallest absolute Gasteiger partial charge is 0.416 e. The predicted octanol–water partition coefficient (Wildman–Crippen LogP) is 4.08. The molecule has 0 saturated carbocycles.